The predicted molar refractivity (Wildman–Crippen MR) is 79.8 cm³/mol. The Hall–Kier alpha value is -1.64. The molecule has 3 N–H and O–H groups in total. The lowest BCUT2D eigenvalue weighted by molar-refractivity contribution is -0.00684. The molecule has 1 aliphatic rings. The van der Waals surface area contributed by atoms with Crippen molar-refractivity contribution in [1.82, 2.24) is 14.9 Å². The Morgan fingerprint density at radius 2 is 2.33 bits per heavy atom. The third-order valence-corrected chi connectivity index (χ3v) is 5.12. The molecule has 7 nitrogen and oxygen atoms in total. The van der Waals surface area contributed by atoms with E-state index in [2.05, 4.69) is 14.9 Å². The van der Waals surface area contributed by atoms with Gasteiger partial charge in [0, 0.05) is 18.8 Å². The van der Waals surface area contributed by atoms with Gasteiger partial charge in [-0.05, 0) is 25.2 Å². The van der Waals surface area contributed by atoms with Crippen LogP contribution in [0.5, 0.6) is 0 Å². The molecule has 21 heavy (non-hydrogen) atoms. The van der Waals surface area contributed by atoms with Crippen LogP contribution in [0.25, 0.3) is 11.0 Å². The summed E-state index contributed by atoms with van der Waals surface area (Å²) < 4.78 is 30.4. The van der Waals surface area contributed by atoms with E-state index in [1.807, 2.05) is 7.05 Å². The van der Waals surface area contributed by atoms with Crippen LogP contribution in [0.4, 0.5) is 5.69 Å². The number of aromatic nitrogens is 2. The SMILES string of the molecule is CN1CCOC(CS(=O)(=O)c2nc3ccc(N)cc3[nH]2)C1. The van der Waals surface area contributed by atoms with Gasteiger partial charge in [0.05, 0.1) is 29.5 Å². The van der Waals surface area contributed by atoms with Crippen molar-refractivity contribution in [3.8, 4) is 0 Å². The highest BCUT2D eigenvalue weighted by molar-refractivity contribution is 7.91. The highest BCUT2D eigenvalue weighted by atomic mass is 32.2. The van der Waals surface area contributed by atoms with Crippen molar-refractivity contribution in [1.29, 1.82) is 0 Å². The van der Waals surface area contributed by atoms with Gasteiger partial charge in [0.2, 0.25) is 15.0 Å². The second-order valence-electron chi connectivity index (χ2n) is 5.35. The van der Waals surface area contributed by atoms with Gasteiger partial charge in [-0.3, -0.25) is 0 Å². The molecule has 1 aromatic heterocycles. The van der Waals surface area contributed by atoms with Gasteiger partial charge in [-0.1, -0.05) is 0 Å². The van der Waals surface area contributed by atoms with E-state index in [1.165, 1.54) is 0 Å². The van der Waals surface area contributed by atoms with E-state index in [0.29, 0.717) is 29.9 Å². The number of H-pyrrole nitrogens is 1. The van der Waals surface area contributed by atoms with E-state index >= 15 is 0 Å². The highest BCUT2D eigenvalue weighted by Gasteiger charge is 2.27. The summed E-state index contributed by atoms with van der Waals surface area (Å²) in [7, 11) is -1.57. The van der Waals surface area contributed by atoms with Crippen LogP contribution < -0.4 is 5.73 Å². The molecule has 1 fully saturated rings. The molecule has 0 radical (unpaired) electrons. The van der Waals surface area contributed by atoms with Crippen LogP contribution in [0, 0.1) is 0 Å². The van der Waals surface area contributed by atoms with E-state index in [4.69, 9.17) is 10.5 Å². The quantitative estimate of drug-likeness (QED) is 0.788. The minimum absolute atomic E-state index is 0.0278. The monoisotopic (exact) mass is 310 g/mol. The number of morpholine rings is 1. The fraction of sp³-hybridized carbons (Fsp3) is 0.462. The van der Waals surface area contributed by atoms with Crippen molar-refractivity contribution in [2.75, 3.05) is 38.2 Å². The lowest BCUT2D eigenvalue weighted by Gasteiger charge is -2.29. The van der Waals surface area contributed by atoms with E-state index in [-0.39, 0.29) is 17.0 Å². The lowest BCUT2D eigenvalue weighted by atomic mass is 10.3. The van der Waals surface area contributed by atoms with E-state index < -0.39 is 9.84 Å². The smallest absolute Gasteiger partial charge is 0.226 e. The van der Waals surface area contributed by atoms with Crippen LogP contribution in [0.2, 0.25) is 0 Å². The van der Waals surface area contributed by atoms with E-state index in [1.54, 1.807) is 18.2 Å². The number of nitrogens with zero attached hydrogens (tertiary/aromatic N) is 2. The number of benzene rings is 1. The average Bonchev–Trinajstić information content (AvgIpc) is 2.82. The molecule has 8 heteroatoms. The van der Waals surface area contributed by atoms with E-state index in [9.17, 15) is 8.42 Å². The summed E-state index contributed by atoms with van der Waals surface area (Å²) >= 11 is 0. The highest BCUT2D eigenvalue weighted by Crippen LogP contribution is 2.19. The molecule has 0 bridgehead atoms. The third kappa shape index (κ3) is 3.02. The van der Waals surface area contributed by atoms with Crippen molar-refractivity contribution in [3.63, 3.8) is 0 Å². The second kappa shape index (κ2) is 5.28. The summed E-state index contributed by atoms with van der Waals surface area (Å²) in [5, 5.41) is -0.0278. The number of ether oxygens (including phenoxy) is 1. The molecular weight excluding hydrogens is 292 g/mol. The summed E-state index contributed by atoms with van der Waals surface area (Å²) in [6.45, 7) is 1.97. The molecule has 0 spiro atoms. The summed E-state index contributed by atoms with van der Waals surface area (Å²) in [6, 6.07) is 5.07. The minimum atomic E-state index is -3.52. The summed E-state index contributed by atoms with van der Waals surface area (Å²) in [6.07, 6.45) is -0.327. The molecular formula is C13H18N4O3S. The van der Waals surface area contributed by atoms with Crippen LogP contribution in [0.3, 0.4) is 0 Å². The first kappa shape index (κ1) is 14.3. The van der Waals surface area contributed by atoms with Gasteiger partial charge in [-0.25, -0.2) is 13.4 Å². The fourth-order valence-corrected chi connectivity index (χ4v) is 3.79. The number of rotatable bonds is 3. The Morgan fingerprint density at radius 1 is 1.52 bits per heavy atom. The maximum Gasteiger partial charge on any atom is 0.226 e. The summed E-state index contributed by atoms with van der Waals surface area (Å²) in [5.41, 5.74) is 7.45. The van der Waals surface area contributed by atoms with Crippen LogP contribution in [-0.4, -0.2) is 61.9 Å². The number of aromatic amines is 1. The van der Waals surface area contributed by atoms with Crippen LogP contribution >= 0.6 is 0 Å². The first-order valence-corrected chi connectivity index (χ1v) is 8.37. The van der Waals surface area contributed by atoms with Crippen LogP contribution in [-0.2, 0) is 14.6 Å². The van der Waals surface area contributed by atoms with Crippen molar-refractivity contribution < 1.29 is 13.2 Å². The largest absolute Gasteiger partial charge is 0.399 e. The maximum absolute atomic E-state index is 12.4. The van der Waals surface area contributed by atoms with Gasteiger partial charge < -0.3 is 20.4 Å². The predicted octanol–water partition coefficient (Wildman–Crippen LogP) is 0.249. The molecule has 1 saturated heterocycles. The molecule has 0 amide bonds. The number of hydrogen-bond acceptors (Lipinski definition) is 6. The summed E-state index contributed by atoms with van der Waals surface area (Å²) in [5.74, 6) is -0.0767. The number of hydrogen-bond donors (Lipinski definition) is 2. The van der Waals surface area contributed by atoms with Crippen molar-refractivity contribution in [3.05, 3.63) is 18.2 Å². The molecule has 1 unspecified atom stereocenters. The molecule has 1 atom stereocenters. The molecule has 0 aliphatic carbocycles. The van der Waals surface area contributed by atoms with Gasteiger partial charge in [0.1, 0.15) is 0 Å². The number of likely N-dealkylation sites (N-methyl/N-ethyl adjacent to an activating group) is 1. The van der Waals surface area contributed by atoms with Crippen molar-refractivity contribution in [2.45, 2.75) is 11.3 Å². The first-order valence-electron chi connectivity index (χ1n) is 6.72. The maximum atomic E-state index is 12.4. The second-order valence-corrected chi connectivity index (χ2v) is 7.30. The van der Waals surface area contributed by atoms with Gasteiger partial charge >= 0.3 is 0 Å². The minimum Gasteiger partial charge on any atom is -0.399 e. The zero-order valence-electron chi connectivity index (χ0n) is 11.7. The third-order valence-electron chi connectivity index (χ3n) is 3.53. The Balaban J connectivity index is 1.85. The molecule has 3 rings (SSSR count). The number of nitrogens with two attached hydrogens (primary N) is 1. The number of fused-ring (bicyclic) bond motifs is 1. The molecule has 1 aromatic carbocycles. The molecule has 0 saturated carbocycles. The first-order chi connectivity index (χ1) is 9.94. The normalized spacial score (nSPS) is 20.9. The average molecular weight is 310 g/mol. The van der Waals surface area contributed by atoms with Gasteiger partial charge in [-0.2, -0.15) is 0 Å². The Morgan fingerprint density at radius 3 is 3.10 bits per heavy atom. The van der Waals surface area contributed by atoms with Crippen molar-refractivity contribution >= 4 is 26.6 Å². The standard InChI is InChI=1S/C13H18N4O3S/c1-17-4-5-20-10(7-17)8-21(18,19)13-15-11-3-2-9(14)6-12(11)16-13/h2-3,6,10H,4-5,7-8,14H2,1H3,(H,15,16). The number of nitrogen functional groups attached to an aromatic ring is 1. The number of sulfone groups is 1. The Kier molecular flexibility index (Phi) is 3.60. The fourth-order valence-electron chi connectivity index (χ4n) is 2.44. The van der Waals surface area contributed by atoms with E-state index in [0.717, 1.165) is 6.54 Å². The molecule has 2 heterocycles. The van der Waals surface area contributed by atoms with Gasteiger partial charge in [-0.15, -0.1) is 0 Å². The number of imidazole rings is 1. The molecule has 1 aliphatic heterocycles. The van der Waals surface area contributed by atoms with Gasteiger partial charge in [0.15, 0.2) is 0 Å². The van der Waals surface area contributed by atoms with Crippen LogP contribution in [0.1, 0.15) is 0 Å². The molecule has 2 aromatic rings. The number of nitrogens with one attached hydrogen (secondary N) is 1. The molecule has 114 valence electrons. The summed E-state index contributed by atoms with van der Waals surface area (Å²) in [4.78, 5) is 9.03. The topological polar surface area (TPSA) is 101 Å². The Bertz CT molecular complexity index is 756. The Labute approximate surface area is 123 Å². The van der Waals surface area contributed by atoms with Crippen LogP contribution in [0.15, 0.2) is 23.4 Å². The zero-order chi connectivity index (χ0) is 15.0. The number of anilines is 1. The zero-order valence-corrected chi connectivity index (χ0v) is 12.6. The van der Waals surface area contributed by atoms with Gasteiger partial charge in [0.25, 0.3) is 0 Å². The lowest BCUT2D eigenvalue weighted by Crippen LogP contribution is -2.43. The van der Waals surface area contributed by atoms with Crippen molar-refractivity contribution in [2.24, 2.45) is 0 Å².